The molecule has 90 valence electrons. The summed E-state index contributed by atoms with van der Waals surface area (Å²) in [6.45, 7) is 9.71. The number of carbonyl (C=O) groups is 1. The molecule has 0 heterocycles. The largest absolute Gasteiger partial charge is 0.465 e. The summed E-state index contributed by atoms with van der Waals surface area (Å²) in [6.07, 6.45) is 0. The second kappa shape index (κ2) is 7.65. The molecule has 2 unspecified atom stereocenters. The molecule has 0 aliphatic carbocycles. The molecule has 2 atom stereocenters. The summed E-state index contributed by atoms with van der Waals surface area (Å²) in [5, 5.41) is 3.14. The van der Waals surface area contributed by atoms with Crippen LogP contribution in [0, 0.1) is 11.8 Å². The highest BCUT2D eigenvalue weighted by Gasteiger charge is 2.16. The smallest absolute Gasteiger partial charge is 0.322 e. The molecule has 3 N–H and O–H groups in total. The number of hydrogen-bond acceptors (Lipinski definition) is 4. The van der Waals surface area contributed by atoms with Crippen molar-refractivity contribution in [3.63, 3.8) is 0 Å². The fourth-order valence-electron chi connectivity index (χ4n) is 1.27. The Morgan fingerprint density at radius 2 is 2.00 bits per heavy atom. The molecule has 4 heteroatoms. The van der Waals surface area contributed by atoms with Gasteiger partial charge in [-0.15, -0.1) is 0 Å². The van der Waals surface area contributed by atoms with E-state index in [4.69, 9.17) is 10.5 Å². The third-order valence-corrected chi connectivity index (χ3v) is 2.57. The molecule has 0 radical (unpaired) electrons. The fourth-order valence-corrected chi connectivity index (χ4v) is 1.27. The first kappa shape index (κ1) is 14.4. The third kappa shape index (κ3) is 5.74. The Hall–Kier alpha value is -0.610. The van der Waals surface area contributed by atoms with E-state index in [9.17, 15) is 4.79 Å². The molecule has 0 aliphatic heterocycles. The van der Waals surface area contributed by atoms with Gasteiger partial charge in [-0.1, -0.05) is 13.8 Å². The molecule has 0 rings (SSSR count). The first-order chi connectivity index (χ1) is 7.02. The lowest BCUT2D eigenvalue weighted by molar-refractivity contribution is -0.145. The minimum atomic E-state index is -0.252. The number of rotatable bonds is 7. The van der Waals surface area contributed by atoms with E-state index in [0.29, 0.717) is 25.0 Å². The third-order valence-electron chi connectivity index (χ3n) is 2.57. The molecule has 0 aliphatic rings. The molecular formula is C11H24N2O2. The van der Waals surface area contributed by atoms with Gasteiger partial charge in [-0.2, -0.15) is 0 Å². The predicted octanol–water partition coefficient (Wildman–Crippen LogP) is 0.759. The SMILES string of the molecule is CCOC(=O)C(C)NCC(CN)C(C)C. The predicted molar refractivity (Wildman–Crippen MR) is 61.5 cm³/mol. The van der Waals surface area contributed by atoms with Gasteiger partial charge in [0.2, 0.25) is 0 Å². The van der Waals surface area contributed by atoms with Crippen LogP contribution in [-0.2, 0) is 9.53 Å². The van der Waals surface area contributed by atoms with Gasteiger partial charge < -0.3 is 15.8 Å². The van der Waals surface area contributed by atoms with Crippen LogP contribution in [0.2, 0.25) is 0 Å². The Morgan fingerprint density at radius 3 is 2.40 bits per heavy atom. The van der Waals surface area contributed by atoms with E-state index in [1.54, 1.807) is 6.92 Å². The zero-order valence-corrected chi connectivity index (χ0v) is 10.2. The van der Waals surface area contributed by atoms with Crippen molar-refractivity contribution in [1.82, 2.24) is 5.32 Å². The average molecular weight is 216 g/mol. The second-order valence-corrected chi connectivity index (χ2v) is 4.12. The minimum Gasteiger partial charge on any atom is -0.465 e. The molecule has 0 bridgehead atoms. The van der Waals surface area contributed by atoms with Gasteiger partial charge in [0.05, 0.1) is 6.61 Å². The van der Waals surface area contributed by atoms with Gasteiger partial charge in [0.15, 0.2) is 0 Å². The molecule has 0 spiro atoms. The van der Waals surface area contributed by atoms with Crippen LogP contribution in [0.4, 0.5) is 0 Å². The van der Waals surface area contributed by atoms with E-state index < -0.39 is 0 Å². The zero-order chi connectivity index (χ0) is 11.8. The van der Waals surface area contributed by atoms with Gasteiger partial charge in [-0.05, 0) is 32.2 Å². The van der Waals surface area contributed by atoms with E-state index in [1.165, 1.54) is 0 Å². The van der Waals surface area contributed by atoms with E-state index in [0.717, 1.165) is 6.54 Å². The van der Waals surface area contributed by atoms with Crippen LogP contribution < -0.4 is 11.1 Å². The molecule has 15 heavy (non-hydrogen) atoms. The Morgan fingerprint density at radius 1 is 1.40 bits per heavy atom. The van der Waals surface area contributed by atoms with Crippen molar-refractivity contribution in [2.45, 2.75) is 33.7 Å². The second-order valence-electron chi connectivity index (χ2n) is 4.12. The van der Waals surface area contributed by atoms with Gasteiger partial charge in [0.1, 0.15) is 6.04 Å². The van der Waals surface area contributed by atoms with Gasteiger partial charge in [0, 0.05) is 6.54 Å². The standard InChI is InChI=1S/C11H24N2O2/c1-5-15-11(14)9(4)13-7-10(6-12)8(2)3/h8-10,13H,5-7,12H2,1-4H3. The molecule has 4 nitrogen and oxygen atoms in total. The number of nitrogens with one attached hydrogen (secondary N) is 1. The molecule has 0 saturated heterocycles. The lowest BCUT2D eigenvalue weighted by Crippen LogP contribution is -2.41. The van der Waals surface area contributed by atoms with Gasteiger partial charge >= 0.3 is 5.97 Å². The van der Waals surface area contributed by atoms with Gasteiger partial charge in [0.25, 0.3) is 0 Å². The van der Waals surface area contributed by atoms with Crippen molar-refractivity contribution in [1.29, 1.82) is 0 Å². The number of ether oxygens (including phenoxy) is 1. The maximum absolute atomic E-state index is 11.3. The van der Waals surface area contributed by atoms with E-state index in [1.807, 2.05) is 6.92 Å². The Labute approximate surface area is 92.6 Å². The van der Waals surface area contributed by atoms with E-state index in [2.05, 4.69) is 19.2 Å². The average Bonchev–Trinajstić information content (AvgIpc) is 2.18. The molecule has 0 fully saturated rings. The van der Waals surface area contributed by atoms with Crippen molar-refractivity contribution in [2.24, 2.45) is 17.6 Å². The zero-order valence-electron chi connectivity index (χ0n) is 10.2. The van der Waals surface area contributed by atoms with E-state index >= 15 is 0 Å². The summed E-state index contributed by atoms with van der Waals surface area (Å²) >= 11 is 0. The topological polar surface area (TPSA) is 64.3 Å². The maximum Gasteiger partial charge on any atom is 0.322 e. The Kier molecular flexibility index (Phi) is 7.34. The van der Waals surface area contributed by atoms with Crippen LogP contribution in [0.3, 0.4) is 0 Å². The van der Waals surface area contributed by atoms with Crippen molar-refractivity contribution in [2.75, 3.05) is 19.7 Å². The summed E-state index contributed by atoms with van der Waals surface area (Å²) < 4.78 is 4.90. The van der Waals surface area contributed by atoms with Gasteiger partial charge in [-0.25, -0.2) is 0 Å². The summed E-state index contributed by atoms with van der Waals surface area (Å²) in [4.78, 5) is 11.3. The van der Waals surface area contributed by atoms with Crippen molar-refractivity contribution in [3.05, 3.63) is 0 Å². The molecular weight excluding hydrogens is 192 g/mol. The molecule has 0 aromatic carbocycles. The number of nitrogens with two attached hydrogens (primary N) is 1. The molecule has 0 aromatic heterocycles. The van der Waals surface area contributed by atoms with Crippen LogP contribution in [0.15, 0.2) is 0 Å². The first-order valence-electron chi connectivity index (χ1n) is 5.63. The van der Waals surface area contributed by atoms with Crippen molar-refractivity contribution < 1.29 is 9.53 Å². The number of hydrogen-bond donors (Lipinski definition) is 2. The highest BCUT2D eigenvalue weighted by molar-refractivity contribution is 5.75. The maximum atomic E-state index is 11.3. The summed E-state index contributed by atoms with van der Waals surface area (Å²) in [7, 11) is 0. The molecule has 0 amide bonds. The summed E-state index contributed by atoms with van der Waals surface area (Å²) in [6, 6.07) is -0.252. The van der Waals surface area contributed by atoms with Crippen LogP contribution >= 0.6 is 0 Å². The van der Waals surface area contributed by atoms with Crippen LogP contribution in [0.5, 0.6) is 0 Å². The number of esters is 1. The quantitative estimate of drug-likeness (QED) is 0.617. The minimum absolute atomic E-state index is 0.197. The normalized spacial score (nSPS) is 15.1. The molecule has 0 saturated carbocycles. The fraction of sp³-hybridized carbons (Fsp3) is 0.909. The summed E-state index contributed by atoms with van der Waals surface area (Å²) in [5.41, 5.74) is 5.64. The van der Waals surface area contributed by atoms with Crippen LogP contribution in [0.25, 0.3) is 0 Å². The van der Waals surface area contributed by atoms with Crippen LogP contribution in [0.1, 0.15) is 27.7 Å². The number of carbonyl (C=O) groups excluding carboxylic acids is 1. The lowest BCUT2D eigenvalue weighted by Gasteiger charge is -2.21. The first-order valence-corrected chi connectivity index (χ1v) is 5.63. The Balaban J connectivity index is 3.87. The van der Waals surface area contributed by atoms with Crippen molar-refractivity contribution >= 4 is 5.97 Å². The molecule has 0 aromatic rings. The highest BCUT2D eigenvalue weighted by atomic mass is 16.5. The summed E-state index contributed by atoms with van der Waals surface area (Å²) in [5.74, 6) is 0.732. The monoisotopic (exact) mass is 216 g/mol. The van der Waals surface area contributed by atoms with E-state index in [-0.39, 0.29) is 12.0 Å². The van der Waals surface area contributed by atoms with Gasteiger partial charge in [-0.3, -0.25) is 4.79 Å². The van der Waals surface area contributed by atoms with Crippen LogP contribution in [-0.4, -0.2) is 31.7 Å². The van der Waals surface area contributed by atoms with Crippen molar-refractivity contribution in [3.8, 4) is 0 Å². The lowest BCUT2D eigenvalue weighted by atomic mass is 9.96. The highest BCUT2D eigenvalue weighted by Crippen LogP contribution is 2.07. The Bertz CT molecular complexity index is 183.